The first-order chi connectivity index (χ1) is 49.0. The molecule has 0 aliphatic carbocycles. The number of esters is 12. The Balaban J connectivity index is 1.50. The number of hydrogen-bond acceptors (Lipinski definition) is 31. The lowest BCUT2D eigenvalue weighted by Gasteiger charge is -2.48. The van der Waals surface area contributed by atoms with Gasteiger partial charge in [-0.2, -0.15) is 0 Å². The van der Waals surface area contributed by atoms with E-state index in [1.165, 1.54) is 20.8 Å². The van der Waals surface area contributed by atoms with E-state index in [2.05, 4.69) is 0 Å². The zero-order valence-corrected chi connectivity index (χ0v) is 61.3. The van der Waals surface area contributed by atoms with E-state index in [0.29, 0.717) is 56.9 Å². The van der Waals surface area contributed by atoms with Gasteiger partial charge in [0.25, 0.3) is 0 Å². The van der Waals surface area contributed by atoms with E-state index >= 15 is 0 Å². The highest BCUT2D eigenvalue weighted by molar-refractivity contribution is 5.98. The minimum atomic E-state index is -1.99. The average Bonchev–Trinajstić information content (AvgIpc) is 0.770. The first-order valence-corrected chi connectivity index (χ1v) is 35.4. The minimum Gasteiger partial charge on any atom is -0.463 e. The number of Topliss-reactive ketones (excluding diaryl/α,β-unsaturated/α-hetero) is 1. The van der Waals surface area contributed by atoms with Gasteiger partial charge in [-0.1, -0.05) is 114 Å². The maximum atomic E-state index is 13.1. The van der Waals surface area contributed by atoms with E-state index < -0.39 is 202 Å². The molecule has 3 fully saturated rings. The van der Waals surface area contributed by atoms with Crippen molar-refractivity contribution in [1.82, 2.24) is 0 Å². The molecule has 0 amide bonds. The minimum absolute atomic E-state index is 0.219. The Morgan fingerprint density at radius 3 is 1.28 bits per heavy atom. The van der Waals surface area contributed by atoms with E-state index in [9.17, 15) is 62.3 Å². The quantitative estimate of drug-likeness (QED) is 0.0261. The second-order valence-electron chi connectivity index (χ2n) is 25.6. The maximum Gasteiger partial charge on any atom is 0.347 e. The van der Waals surface area contributed by atoms with Crippen LogP contribution in [-0.4, -0.2) is 208 Å². The zero-order chi connectivity index (χ0) is 76.1. The Morgan fingerprint density at radius 1 is 0.388 bits per heavy atom. The summed E-state index contributed by atoms with van der Waals surface area (Å²) in [4.78, 5) is 164. The molecule has 0 saturated carbocycles. The molecule has 0 radical (unpaired) electrons. The first kappa shape index (κ1) is 87.7. The predicted octanol–water partition coefficient (Wildman–Crippen LogP) is 7.71. The second kappa shape index (κ2) is 46.9. The summed E-state index contributed by atoms with van der Waals surface area (Å²) >= 11 is 0. The SMILES string of the molecule is CCCC[C@H](CCC[C@H](OC(C)=O)[C@H](CCCCCCCCCCCCCC[C@H](OC(C)=O)C(=O)OCC(=O)c1ccccc1)OC(C)=O)O[C@@H]1OC[C@@H](OC(C)=O)[C@H](OC(C)=O)[C@H]1O[C@@H]1OC[C@@H](OC(C)=O)[C@H](OC(C)=O)[C@H]1O[C@@H]1O[C@H](COC(C)=O)[C@@H](OC(C)=O)[C@H](OC(C)=O)[C@H]1OC(C)=O. The van der Waals surface area contributed by atoms with E-state index in [1.807, 2.05) is 6.92 Å². The molecule has 3 aliphatic heterocycles. The standard InChI is InChI=1S/C72H106O31/c1-13-14-33-54(34-30-37-57(91-44(4)75)56(90-43(3)74)35-28-23-21-19-17-15-16-18-20-22-24-29-36-58(92-45(5)76)69(85)87-38-55(84)53-31-26-25-27-32-53)100-70-66(63(96-49(9)80)59(40-88-70)93-46(6)77)102-71-67(64(97-50(10)81)60(41-89-71)94-47(7)78)103-72-68(99-52(12)83)65(98-51(11)82)62(95-48(8)79)61(101-72)39-86-42(2)73/h25-27,31-32,54,56-68,70-72H,13-24,28-30,33-41H2,1-12H3/t54-,56+,57+,58+,59-,60-,61-,62-,63+,64+,65+,66-,67-,68-,70+,71+,72+/m1/s1. The Labute approximate surface area is 601 Å². The fraction of sp³-hybridized carbons (Fsp3) is 0.736. The van der Waals surface area contributed by atoms with Crippen LogP contribution in [0.4, 0.5) is 0 Å². The first-order valence-electron chi connectivity index (χ1n) is 35.4. The van der Waals surface area contributed by atoms with Crippen molar-refractivity contribution in [2.45, 2.75) is 316 Å². The lowest BCUT2D eigenvalue weighted by molar-refractivity contribution is -0.381. The fourth-order valence-electron chi connectivity index (χ4n) is 12.2. The van der Waals surface area contributed by atoms with E-state index in [-0.39, 0.29) is 18.6 Å². The summed E-state index contributed by atoms with van der Waals surface area (Å²) in [5.74, 6) is -10.1. The van der Waals surface area contributed by atoms with E-state index in [4.69, 9.17) is 85.3 Å². The number of carbonyl (C=O) groups excluding carboxylic acids is 13. The second-order valence-corrected chi connectivity index (χ2v) is 25.6. The normalized spacial score (nSPS) is 24.2. The molecule has 0 spiro atoms. The number of hydrogen-bond donors (Lipinski definition) is 0. The molecule has 103 heavy (non-hydrogen) atoms. The molecule has 0 unspecified atom stereocenters. The largest absolute Gasteiger partial charge is 0.463 e. The molecular formula is C72H106O31. The lowest BCUT2D eigenvalue weighted by Crippen LogP contribution is -2.67. The molecule has 3 heterocycles. The number of benzene rings is 1. The van der Waals surface area contributed by atoms with Gasteiger partial charge in [0.2, 0.25) is 0 Å². The summed E-state index contributed by atoms with van der Waals surface area (Å²) in [6.07, 6.45) is -11.1. The van der Waals surface area contributed by atoms with Crippen LogP contribution in [0.25, 0.3) is 0 Å². The summed E-state index contributed by atoms with van der Waals surface area (Å²) in [5.41, 5.74) is 0.412. The molecule has 1 aromatic carbocycles. The van der Waals surface area contributed by atoms with Gasteiger partial charge in [0, 0.05) is 81.7 Å². The van der Waals surface area contributed by atoms with Crippen LogP contribution in [-0.2, 0) is 143 Å². The van der Waals surface area contributed by atoms with E-state index in [1.54, 1.807) is 30.3 Å². The molecule has 0 bridgehead atoms. The topological polar surface area (TPSA) is 388 Å². The highest BCUT2D eigenvalue weighted by Gasteiger charge is 2.58. The van der Waals surface area contributed by atoms with Crippen molar-refractivity contribution in [1.29, 1.82) is 0 Å². The molecule has 31 nitrogen and oxygen atoms in total. The van der Waals surface area contributed by atoms with Gasteiger partial charge in [0.05, 0.1) is 19.3 Å². The van der Waals surface area contributed by atoms with Crippen LogP contribution in [0.5, 0.6) is 0 Å². The van der Waals surface area contributed by atoms with Gasteiger partial charge in [0.15, 0.2) is 92.3 Å². The third kappa shape index (κ3) is 33.3. The van der Waals surface area contributed by atoms with Gasteiger partial charge in [0.1, 0.15) is 24.9 Å². The summed E-state index contributed by atoms with van der Waals surface area (Å²) in [7, 11) is 0. The summed E-state index contributed by atoms with van der Waals surface area (Å²) in [5, 5.41) is 0. The van der Waals surface area contributed by atoms with Crippen LogP contribution in [0.15, 0.2) is 30.3 Å². The molecule has 3 saturated heterocycles. The van der Waals surface area contributed by atoms with Crippen molar-refractivity contribution in [2.24, 2.45) is 0 Å². The third-order valence-electron chi connectivity index (χ3n) is 16.5. The molecule has 0 aromatic heterocycles. The smallest absolute Gasteiger partial charge is 0.347 e. The van der Waals surface area contributed by atoms with Gasteiger partial charge in [-0.05, 0) is 51.4 Å². The van der Waals surface area contributed by atoms with Crippen molar-refractivity contribution < 1.29 is 148 Å². The highest BCUT2D eigenvalue weighted by atomic mass is 16.8. The molecule has 31 heteroatoms. The molecule has 3 aliphatic rings. The predicted molar refractivity (Wildman–Crippen MR) is 355 cm³/mol. The Bertz CT molecular complexity index is 2880. The van der Waals surface area contributed by atoms with Gasteiger partial charge in [-0.15, -0.1) is 0 Å². The monoisotopic (exact) mass is 1470 g/mol. The Hall–Kier alpha value is -7.71. The molecule has 4 rings (SSSR count). The van der Waals surface area contributed by atoms with Crippen LogP contribution in [0.1, 0.15) is 222 Å². The zero-order valence-electron chi connectivity index (χ0n) is 61.3. The molecule has 0 N–H and O–H groups in total. The summed E-state index contributed by atoms with van der Waals surface area (Å²) < 4.78 is 106. The Morgan fingerprint density at radius 2 is 0.806 bits per heavy atom. The van der Waals surface area contributed by atoms with Crippen molar-refractivity contribution >= 4 is 77.4 Å². The van der Waals surface area contributed by atoms with Crippen LogP contribution in [0.3, 0.4) is 0 Å². The molecule has 1 aromatic rings. The Kier molecular flexibility index (Phi) is 39.9. The number of carbonyl (C=O) groups is 13. The maximum absolute atomic E-state index is 13.1. The van der Waals surface area contributed by atoms with Crippen LogP contribution >= 0.6 is 0 Å². The molecule has 17 atom stereocenters. The number of unbranched alkanes of at least 4 members (excludes halogenated alkanes) is 12. The van der Waals surface area contributed by atoms with Crippen molar-refractivity contribution in [3.8, 4) is 0 Å². The van der Waals surface area contributed by atoms with Crippen LogP contribution < -0.4 is 0 Å². The van der Waals surface area contributed by atoms with Gasteiger partial charge >= 0.3 is 71.6 Å². The summed E-state index contributed by atoms with van der Waals surface area (Å²) in [6.45, 7) is 12.0. The highest BCUT2D eigenvalue weighted by Crippen LogP contribution is 2.37. The average molecular weight is 1470 g/mol. The summed E-state index contributed by atoms with van der Waals surface area (Å²) in [6, 6.07) is 8.45. The molecule has 580 valence electrons. The number of ketones is 1. The van der Waals surface area contributed by atoms with E-state index in [0.717, 1.165) is 120 Å². The third-order valence-corrected chi connectivity index (χ3v) is 16.5. The van der Waals surface area contributed by atoms with Crippen molar-refractivity contribution in [3.63, 3.8) is 0 Å². The van der Waals surface area contributed by atoms with Crippen molar-refractivity contribution in [2.75, 3.05) is 26.4 Å². The molecular weight excluding hydrogens is 1360 g/mol. The number of rotatable bonds is 45. The van der Waals surface area contributed by atoms with Crippen molar-refractivity contribution in [3.05, 3.63) is 35.9 Å². The van der Waals surface area contributed by atoms with Gasteiger partial charge in [-0.25, -0.2) is 4.79 Å². The number of ether oxygens (including phenoxy) is 18. The van der Waals surface area contributed by atoms with Gasteiger partial charge in [-0.3, -0.25) is 57.5 Å². The lowest BCUT2D eigenvalue weighted by atomic mass is 9.97. The van der Waals surface area contributed by atoms with Crippen LogP contribution in [0, 0.1) is 0 Å². The van der Waals surface area contributed by atoms with Gasteiger partial charge < -0.3 is 85.3 Å². The van der Waals surface area contributed by atoms with Crippen LogP contribution in [0.2, 0.25) is 0 Å². The fourth-order valence-corrected chi connectivity index (χ4v) is 12.2.